The van der Waals surface area contributed by atoms with Crippen LogP contribution < -0.4 is 0 Å². The number of amides is 1. The number of carbonyl (C=O) groups is 2. The van der Waals surface area contributed by atoms with Gasteiger partial charge in [0.05, 0.1) is 6.10 Å². The molecule has 0 radical (unpaired) electrons. The van der Waals surface area contributed by atoms with E-state index >= 15 is 0 Å². The normalized spacial score (nSPS) is 22.6. The van der Waals surface area contributed by atoms with Crippen LogP contribution in [0, 0.1) is 6.92 Å². The second kappa shape index (κ2) is 5.19. The fourth-order valence-electron chi connectivity index (χ4n) is 2.25. The highest BCUT2D eigenvalue weighted by molar-refractivity contribution is 6.31. The Hall–Kier alpha value is -1.59. The number of carboxylic acid groups (broad SMARTS) is 1. The molecule has 0 spiro atoms. The van der Waals surface area contributed by atoms with Gasteiger partial charge in [0, 0.05) is 23.6 Å². The van der Waals surface area contributed by atoms with Crippen molar-refractivity contribution in [1.29, 1.82) is 0 Å². The van der Waals surface area contributed by atoms with Gasteiger partial charge in [-0.15, -0.1) is 0 Å². The van der Waals surface area contributed by atoms with Crippen LogP contribution in [0.15, 0.2) is 18.2 Å². The first-order valence-electron chi connectivity index (χ1n) is 5.88. The second-order valence-corrected chi connectivity index (χ2v) is 5.10. The number of aliphatic hydroxyl groups is 1. The van der Waals surface area contributed by atoms with E-state index in [0.29, 0.717) is 10.6 Å². The largest absolute Gasteiger partial charge is 0.480 e. The number of carboxylic acids is 1. The summed E-state index contributed by atoms with van der Waals surface area (Å²) in [7, 11) is 0. The average molecular weight is 284 g/mol. The Morgan fingerprint density at radius 3 is 2.74 bits per heavy atom. The molecule has 1 fully saturated rings. The number of β-amino-alcohol motifs (C(OH)–C–C–N with tert-alkyl or cyclic N) is 1. The Morgan fingerprint density at radius 1 is 1.42 bits per heavy atom. The topological polar surface area (TPSA) is 77.8 Å². The van der Waals surface area contributed by atoms with Gasteiger partial charge in [-0.05, 0) is 24.6 Å². The van der Waals surface area contributed by atoms with Gasteiger partial charge >= 0.3 is 5.97 Å². The van der Waals surface area contributed by atoms with Gasteiger partial charge in [-0.3, -0.25) is 4.79 Å². The van der Waals surface area contributed by atoms with Crippen molar-refractivity contribution in [3.63, 3.8) is 0 Å². The summed E-state index contributed by atoms with van der Waals surface area (Å²) in [6.07, 6.45) is -0.745. The van der Waals surface area contributed by atoms with E-state index in [2.05, 4.69) is 0 Å². The number of halogens is 1. The molecule has 1 aromatic carbocycles. The molecule has 0 aromatic heterocycles. The number of benzene rings is 1. The molecule has 5 nitrogen and oxygen atoms in total. The molecule has 0 aliphatic carbocycles. The number of aliphatic carboxylic acids is 1. The van der Waals surface area contributed by atoms with Crippen molar-refractivity contribution >= 4 is 23.5 Å². The van der Waals surface area contributed by atoms with E-state index in [9.17, 15) is 14.7 Å². The average Bonchev–Trinajstić information content (AvgIpc) is 2.74. The lowest BCUT2D eigenvalue weighted by atomic mass is 10.1. The van der Waals surface area contributed by atoms with Crippen LogP contribution in [-0.4, -0.2) is 45.7 Å². The Kier molecular flexibility index (Phi) is 3.78. The van der Waals surface area contributed by atoms with Gasteiger partial charge in [0.2, 0.25) is 0 Å². The maximum Gasteiger partial charge on any atom is 0.326 e. The number of rotatable bonds is 2. The number of aryl methyl sites for hydroxylation is 1. The van der Waals surface area contributed by atoms with E-state index in [1.807, 2.05) is 0 Å². The number of hydrogen-bond donors (Lipinski definition) is 2. The molecule has 0 bridgehead atoms. The summed E-state index contributed by atoms with van der Waals surface area (Å²) in [5.41, 5.74) is 1.09. The minimum Gasteiger partial charge on any atom is -0.480 e. The molecule has 1 aromatic rings. The monoisotopic (exact) mass is 283 g/mol. The SMILES string of the molecule is Cc1ccc(Cl)cc1C(=O)N1C[C@@H](O)C[C@H]1C(=O)O. The summed E-state index contributed by atoms with van der Waals surface area (Å²) < 4.78 is 0. The number of nitrogens with zero attached hydrogens (tertiary/aromatic N) is 1. The third-order valence-corrected chi connectivity index (χ3v) is 3.49. The van der Waals surface area contributed by atoms with Crippen LogP contribution in [0.2, 0.25) is 5.02 Å². The van der Waals surface area contributed by atoms with E-state index in [0.717, 1.165) is 5.56 Å². The molecule has 0 saturated carbocycles. The van der Waals surface area contributed by atoms with Crippen LogP contribution >= 0.6 is 11.6 Å². The van der Waals surface area contributed by atoms with Crippen LogP contribution in [0.25, 0.3) is 0 Å². The van der Waals surface area contributed by atoms with E-state index in [4.69, 9.17) is 16.7 Å². The van der Waals surface area contributed by atoms with Gasteiger partial charge in [0.15, 0.2) is 0 Å². The van der Waals surface area contributed by atoms with Gasteiger partial charge in [0.1, 0.15) is 6.04 Å². The van der Waals surface area contributed by atoms with E-state index < -0.39 is 24.0 Å². The summed E-state index contributed by atoms with van der Waals surface area (Å²) in [6, 6.07) is 3.91. The summed E-state index contributed by atoms with van der Waals surface area (Å²) in [5, 5.41) is 19.1. The maximum atomic E-state index is 12.4. The molecule has 1 amide bonds. The lowest BCUT2D eigenvalue weighted by Crippen LogP contribution is -2.40. The quantitative estimate of drug-likeness (QED) is 0.858. The van der Waals surface area contributed by atoms with Crippen molar-refractivity contribution in [2.24, 2.45) is 0 Å². The van der Waals surface area contributed by atoms with Gasteiger partial charge in [-0.1, -0.05) is 17.7 Å². The van der Waals surface area contributed by atoms with E-state index in [1.165, 1.54) is 11.0 Å². The third kappa shape index (κ3) is 2.72. The zero-order valence-corrected chi connectivity index (χ0v) is 11.1. The molecule has 1 aliphatic rings. The molecular formula is C13H14ClNO4. The molecule has 6 heteroatoms. The van der Waals surface area contributed by atoms with Crippen LogP contribution in [0.5, 0.6) is 0 Å². The van der Waals surface area contributed by atoms with Crippen LogP contribution in [-0.2, 0) is 4.79 Å². The molecule has 2 atom stereocenters. The fourth-order valence-corrected chi connectivity index (χ4v) is 2.42. The Bertz CT molecular complexity index is 531. The van der Waals surface area contributed by atoms with E-state index in [-0.39, 0.29) is 13.0 Å². The van der Waals surface area contributed by atoms with Gasteiger partial charge in [0.25, 0.3) is 5.91 Å². The van der Waals surface area contributed by atoms with Gasteiger partial charge in [-0.25, -0.2) is 4.79 Å². The van der Waals surface area contributed by atoms with Crippen LogP contribution in [0.4, 0.5) is 0 Å². The predicted octanol–water partition coefficient (Wildman–Crippen LogP) is 1.31. The minimum absolute atomic E-state index is 0.0295. The maximum absolute atomic E-state index is 12.4. The molecular weight excluding hydrogens is 270 g/mol. The molecule has 1 aliphatic heterocycles. The zero-order chi connectivity index (χ0) is 14.2. The lowest BCUT2D eigenvalue weighted by Gasteiger charge is -2.22. The highest BCUT2D eigenvalue weighted by Crippen LogP contribution is 2.24. The van der Waals surface area contributed by atoms with Crippen LogP contribution in [0.3, 0.4) is 0 Å². The second-order valence-electron chi connectivity index (χ2n) is 4.66. The smallest absolute Gasteiger partial charge is 0.326 e. The summed E-state index contributed by atoms with van der Waals surface area (Å²) >= 11 is 5.86. The van der Waals surface area contributed by atoms with Crippen molar-refractivity contribution in [3.05, 3.63) is 34.3 Å². The molecule has 1 heterocycles. The highest BCUT2D eigenvalue weighted by atomic mass is 35.5. The number of aliphatic hydroxyl groups excluding tert-OH is 1. The highest BCUT2D eigenvalue weighted by Gasteiger charge is 2.39. The third-order valence-electron chi connectivity index (χ3n) is 3.25. The first-order valence-corrected chi connectivity index (χ1v) is 6.26. The summed E-state index contributed by atoms with van der Waals surface area (Å²) in [4.78, 5) is 24.7. The predicted molar refractivity (Wildman–Crippen MR) is 69.3 cm³/mol. The fraction of sp³-hybridized carbons (Fsp3) is 0.385. The van der Waals surface area contributed by atoms with Crippen molar-refractivity contribution in [2.75, 3.05) is 6.54 Å². The molecule has 1 saturated heterocycles. The first kappa shape index (κ1) is 13.8. The van der Waals surface area contributed by atoms with Crippen molar-refractivity contribution in [2.45, 2.75) is 25.5 Å². The van der Waals surface area contributed by atoms with Gasteiger partial charge < -0.3 is 15.1 Å². The van der Waals surface area contributed by atoms with E-state index in [1.54, 1.807) is 19.1 Å². The van der Waals surface area contributed by atoms with Crippen molar-refractivity contribution in [1.82, 2.24) is 4.90 Å². The standard InChI is InChI=1S/C13H14ClNO4/c1-7-2-3-8(14)4-10(7)12(17)15-6-9(16)5-11(15)13(18)19/h2-4,9,11,16H,5-6H2,1H3,(H,18,19)/t9-,11-/m0/s1. The molecule has 2 N–H and O–H groups in total. The molecule has 102 valence electrons. The Morgan fingerprint density at radius 2 is 2.11 bits per heavy atom. The molecule has 0 unspecified atom stereocenters. The Labute approximate surface area is 115 Å². The molecule has 2 rings (SSSR count). The first-order chi connectivity index (χ1) is 8.90. The number of hydrogen-bond acceptors (Lipinski definition) is 3. The minimum atomic E-state index is -1.11. The van der Waals surface area contributed by atoms with Crippen molar-refractivity contribution < 1.29 is 19.8 Å². The lowest BCUT2D eigenvalue weighted by molar-refractivity contribution is -0.141. The number of likely N-dealkylation sites (tertiary alicyclic amines) is 1. The Balaban J connectivity index is 2.33. The number of carbonyl (C=O) groups excluding carboxylic acids is 1. The summed E-state index contributed by atoms with van der Waals surface area (Å²) in [6.45, 7) is 1.79. The molecule has 19 heavy (non-hydrogen) atoms. The van der Waals surface area contributed by atoms with Crippen molar-refractivity contribution in [3.8, 4) is 0 Å². The zero-order valence-electron chi connectivity index (χ0n) is 10.3. The van der Waals surface area contributed by atoms with Crippen LogP contribution in [0.1, 0.15) is 22.3 Å². The summed E-state index contributed by atoms with van der Waals surface area (Å²) in [5.74, 6) is -1.52. The van der Waals surface area contributed by atoms with Gasteiger partial charge in [-0.2, -0.15) is 0 Å².